The molecule has 3 nitrogen and oxygen atoms in total. The van der Waals surface area contributed by atoms with Gasteiger partial charge in [0.25, 0.3) is 0 Å². The van der Waals surface area contributed by atoms with E-state index in [1.165, 1.54) is 29.7 Å². The average molecular weight is 281 g/mol. The van der Waals surface area contributed by atoms with Crippen LogP contribution in [0.1, 0.15) is 29.7 Å². The molecule has 0 amide bonds. The molecule has 2 aromatic rings. The number of pyridine rings is 1. The Bertz CT molecular complexity index is 591. The predicted molar refractivity (Wildman–Crippen MR) is 87.4 cm³/mol. The molecule has 0 atom stereocenters. The smallest absolute Gasteiger partial charge is 0.0445 e. The molecule has 1 aromatic carbocycles. The number of hydrogen-bond donors (Lipinski definition) is 1. The van der Waals surface area contributed by atoms with Gasteiger partial charge in [-0.2, -0.15) is 0 Å². The quantitative estimate of drug-likeness (QED) is 0.880. The second-order valence-electron chi connectivity index (χ2n) is 5.95. The standard InChI is InChI=1S/C18H23N3/c1-14-10-18(16(11-19-14)12-20-17-8-9-17)21(2)13-15-6-4-3-5-7-15/h3-7,10-11,17,20H,8-9,12-13H2,1-2H3. The summed E-state index contributed by atoms with van der Waals surface area (Å²) >= 11 is 0. The lowest BCUT2D eigenvalue weighted by Gasteiger charge is -2.23. The van der Waals surface area contributed by atoms with E-state index in [2.05, 4.69) is 65.6 Å². The number of benzene rings is 1. The van der Waals surface area contributed by atoms with E-state index < -0.39 is 0 Å². The lowest BCUT2D eigenvalue weighted by Crippen LogP contribution is -2.22. The van der Waals surface area contributed by atoms with Crippen molar-refractivity contribution in [1.29, 1.82) is 0 Å². The molecule has 3 heteroatoms. The van der Waals surface area contributed by atoms with Crippen LogP contribution in [-0.4, -0.2) is 18.1 Å². The molecule has 0 unspecified atom stereocenters. The molecule has 1 fully saturated rings. The summed E-state index contributed by atoms with van der Waals surface area (Å²) in [6.07, 6.45) is 4.64. The van der Waals surface area contributed by atoms with Crippen LogP contribution in [0, 0.1) is 6.92 Å². The molecule has 0 saturated heterocycles. The van der Waals surface area contributed by atoms with Gasteiger partial charge in [-0.25, -0.2) is 0 Å². The van der Waals surface area contributed by atoms with Gasteiger partial charge in [-0.3, -0.25) is 4.98 Å². The highest BCUT2D eigenvalue weighted by atomic mass is 15.1. The van der Waals surface area contributed by atoms with Crippen molar-refractivity contribution >= 4 is 5.69 Å². The number of nitrogens with zero attached hydrogens (tertiary/aromatic N) is 2. The maximum absolute atomic E-state index is 4.46. The van der Waals surface area contributed by atoms with Gasteiger partial charge >= 0.3 is 0 Å². The van der Waals surface area contributed by atoms with E-state index in [4.69, 9.17) is 0 Å². The molecule has 1 aliphatic rings. The van der Waals surface area contributed by atoms with Gasteiger partial charge in [-0.15, -0.1) is 0 Å². The van der Waals surface area contributed by atoms with Gasteiger partial charge in [0, 0.05) is 49.3 Å². The number of hydrogen-bond acceptors (Lipinski definition) is 3. The molecule has 0 bridgehead atoms. The van der Waals surface area contributed by atoms with Crippen molar-refractivity contribution in [3.63, 3.8) is 0 Å². The zero-order valence-electron chi connectivity index (χ0n) is 12.8. The molecule has 0 spiro atoms. The Labute approximate surface area is 127 Å². The van der Waals surface area contributed by atoms with E-state index in [9.17, 15) is 0 Å². The Morgan fingerprint density at radius 3 is 2.71 bits per heavy atom. The van der Waals surface area contributed by atoms with Crippen LogP contribution >= 0.6 is 0 Å². The number of aryl methyl sites for hydroxylation is 1. The maximum Gasteiger partial charge on any atom is 0.0445 e. The lowest BCUT2D eigenvalue weighted by atomic mass is 10.1. The van der Waals surface area contributed by atoms with E-state index >= 15 is 0 Å². The van der Waals surface area contributed by atoms with E-state index in [1.807, 2.05) is 6.20 Å². The molecule has 1 heterocycles. The van der Waals surface area contributed by atoms with Crippen LogP contribution < -0.4 is 10.2 Å². The molecule has 3 rings (SSSR count). The molecule has 1 aliphatic carbocycles. The van der Waals surface area contributed by atoms with Gasteiger partial charge in [0.1, 0.15) is 0 Å². The highest BCUT2D eigenvalue weighted by Crippen LogP contribution is 2.24. The first-order chi connectivity index (χ1) is 10.2. The van der Waals surface area contributed by atoms with Gasteiger partial charge in [-0.05, 0) is 31.4 Å². The van der Waals surface area contributed by atoms with Gasteiger partial charge in [0.2, 0.25) is 0 Å². The third-order valence-electron chi connectivity index (χ3n) is 3.93. The summed E-state index contributed by atoms with van der Waals surface area (Å²) in [6, 6.07) is 13.5. The van der Waals surface area contributed by atoms with Crippen LogP contribution in [0.2, 0.25) is 0 Å². The van der Waals surface area contributed by atoms with Crippen molar-refractivity contribution in [2.75, 3.05) is 11.9 Å². The van der Waals surface area contributed by atoms with Crippen molar-refractivity contribution in [2.24, 2.45) is 0 Å². The van der Waals surface area contributed by atoms with Crippen LogP contribution in [-0.2, 0) is 13.1 Å². The molecule has 1 saturated carbocycles. The predicted octanol–water partition coefficient (Wildman–Crippen LogP) is 3.28. The first-order valence-corrected chi connectivity index (χ1v) is 7.66. The molecule has 21 heavy (non-hydrogen) atoms. The Kier molecular flexibility index (Phi) is 4.20. The number of nitrogens with one attached hydrogen (secondary N) is 1. The minimum absolute atomic E-state index is 0.721. The van der Waals surface area contributed by atoms with Gasteiger partial charge < -0.3 is 10.2 Å². The van der Waals surface area contributed by atoms with Crippen LogP contribution in [0.5, 0.6) is 0 Å². The highest BCUT2D eigenvalue weighted by molar-refractivity contribution is 5.53. The molecule has 1 N–H and O–H groups in total. The SMILES string of the molecule is Cc1cc(N(C)Cc2ccccc2)c(CNC2CC2)cn1. The second-order valence-corrected chi connectivity index (χ2v) is 5.95. The van der Waals surface area contributed by atoms with Crippen LogP contribution in [0.25, 0.3) is 0 Å². The van der Waals surface area contributed by atoms with Crippen molar-refractivity contribution in [1.82, 2.24) is 10.3 Å². The van der Waals surface area contributed by atoms with E-state index in [-0.39, 0.29) is 0 Å². The van der Waals surface area contributed by atoms with Crippen molar-refractivity contribution in [3.05, 3.63) is 59.4 Å². The number of anilines is 1. The molecular formula is C18H23N3. The lowest BCUT2D eigenvalue weighted by molar-refractivity contribution is 0.683. The largest absolute Gasteiger partial charge is 0.370 e. The fraction of sp³-hybridized carbons (Fsp3) is 0.389. The normalized spacial score (nSPS) is 14.2. The van der Waals surface area contributed by atoms with Gasteiger partial charge in [0.15, 0.2) is 0 Å². The minimum Gasteiger partial charge on any atom is -0.370 e. The van der Waals surface area contributed by atoms with Crippen molar-refractivity contribution in [2.45, 2.75) is 38.9 Å². The summed E-state index contributed by atoms with van der Waals surface area (Å²) in [7, 11) is 2.16. The summed E-state index contributed by atoms with van der Waals surface area (Å²) in [6.45, 7) is 3.88. The van der Waals surface area contributed by atoms with Crippen LogP contribution in [0.3, 0.4) is 0 Å². The second kappa shape index (κ2) is 6.27. The third kappa shape index (κ3) is 3.82. The zero-order valence-corrected chi connectivity index (χ0v) is 12.8. The maximum atomic E-state index is 4.46. The summed E-state index contributed by atoms with van der Waals surface area (Å²) in [4.78, 5) is 6.77. The first-order valence-electron chi connectivity index (χ1n) is 7.66. The van der Waals surface area contributed by atoms with E-state index in [0.717, 1.165) is 24.8 Å². The number of aromatic nitrogens is 1. The molecule has 0 radical (unpaired) electrons. The molecule has 1 aromatic heterocycles. The highest BCUT2D eigenvalue weighted by Gasteiger charge is 2.21. The van der Waals surface area contributed by atoms with Crippen LogP contribution in [0.15, 0.2) is 42.6 Å². The first kappa shape index (κ1) is 14.1. The molecular weight excluding hydrogens is 258 g/mol. The molecule has 0 aliphatic heterocycles. The summed E-state index contributed by atoms with van der Waals surface area (Å²) in [5.74, 6) is 0. The Morgan fingerprint density at radius 2 is 2.00 bits per heavy atom. The van der Waals surface area contributed by atoms with Crippen LogP contribution in [0.4, 0.5) is 5.69 Å². The number of rotatable bonds is 6. The van der Waals surface area contributed by atoms with Gasteiger partial charge in [-0.1, -0.05) is 30.3 Å². The summed E-state index contributed by atoms with van der Waals surface area (Å²) < 4.78 is 0. The van der Waals surface area contributed by atoms with E-state index in [0.29, 0.717) is 0 Å². The fourth-order valence-electron chi connectivity index (χ4n) is 2.55. The summed E-state index contributed by atoms with van der Waals surface area (Å²) in [5, 5.41) is 3.58. The monoisotopic (exact) mass is 281 g/mol. The fourth-order valence-corrected chi connectivity index (χ4v) is 2.55. The minimum atomic E-state index is 0.721. The summed E-state index contributed by atoms with van der Waals surface area (Å²) in [5.41, 5.74) is 4.96. The third-order valence-corrected chi connectivity index (χ3v) is 3.93. The van der Waals surface area contributed by atoms with Gasteiger partial charge in [0.05, 0.1) is 0 Å². The Morgan fingerprint density at radius 1 is 1.24 bits per heavy atom. The molecule has 110 valence electrons. The van der Waals surface area contributed by atoms with Crippen molar-refractivity contribution < 1.29 is 0 Å². The van der Waals surface area contributed by atoms with Crippen molar-refractivity contribution in [3.8, 4) is 0 Å². The Hall–Kier alpha value is -1.87. The van der Waals surface area contributed by atoms with E-state index in [1.54, 1.807) is 0 Å². The average Bonchev–Trinajstić information content (AvgIpc) is 3.31. The Balaban J connectivity index is 1.76. The zero-order chi connectivity index (χ0) is 14.7. The topological polar surface area (TPSA) is 28.2 Å².